The number of alkyl halides is 3. The van der Waals surface area contributed by atoms with E-state index >= 15 is 0 Å². The molecule has 22 heavy (non-hydrogen) atoms. The molecule has 0 spiro atoms. The fourth-order valence-corrected chi connectivity index (χ4v) is 3.08. The summed E-state index contributed by atoms with van der Waals surface area (Å²) in [6.07, 6.45) is -5.18. The number of carboxylic acid groups (broad SMARTS) is 1. The molecule has 120 valence electrons. The SMILES string of the molecule is CC(C)(C)c1ccc2c(c1)C=C(OC(=O)O)C(C(F)(F)F)S2. The van der Waals surface area contributed by atoms with Crippen LogP contribution in [-0.4, -0.2) is 22.7 Å². The molecule has 1 aromatic carbocycles. The van der Waals surface area contributed by atoms with E-state index in [-0.39, 0.29) is 5.41 Å². The molecule has 0 saturated carbocycles. The lowest BCUT2D eigenvalue weighted by molar-refractivity contribution is -0.127. The standard InChI is InChI=1S/C15H15F3O3S/c1-14(2,3)9-4-5-11-8(6-9)7-10(21-13(19)20)12(22-11)15(16,17)18/h4-7,12H,1-3H3,(H,19,20). The van der Waals surface area contributed by atoms with Gasteiger partial charge < -0.3 is 9.84 Å². The number of hydrogen-bond donors (Lipinski definition) is 1. The largest absolute Gasteiger partial charge is 0.511 e. The van der Waals surface area contributed by atoms with Crippen molar-refractivity contribution >= 4 is 24.0 Å². The number of rotatable bonds is 1. The lowest BCUT2D eigenvalue weighted by Gasteiger charge is -2.27. The van der Waals surface area contributed by atoms with Gasteiger partial charge in [0.25, 0.3) is 0 Å². The van der Waals surface area contributed by atoms with Crippen LogP contribution >= 0.6 is 11.8 Å². The Morgan fingerprint density at radius 2 is 1.91 bits per heavy atom. The molecule has 1 heterocycles. The van der Waals surface area contributed by atoms with Crippen molar-refractivity contribution in [2.75, 3.05) is 0 Å². The molecule has 7 heteroatoms. The third-order valence-corrected chi connectivity index (χ3v) is 4.54. The van der Waals surface area contributed by atoms with Gasteiger partial charge in [-0.2, -0.15) is 13.2 Å². The molecule has 0 radical (unpaired) electrons. The maximum Gasteiger partial charge on any atom is 0.511 e. The zero-order valence-electron chi connectivity index (χ0n) is 12.2. The van der Waals surface area contributed by atoms with E-state index in [1.165, 1.54) is 0 Å². The van der Waals surface area contributed by atoms with Crippen LogP contribution in [0.1, 0.15) is 31.9 Å². The van der Waals surface area contributed by atoms with Crippen LogP contribution in [0.5, 0.6) is 0 Å². The Bertz CT molecular complexity index is 630. The van der Waals surface area contributed by atoms with Crippen molar-refractivity contribution in [1.82, 2.24) is 0 Å². The number of fused-ring (bicyclic) bond motifs is 1. The third kappa shape index (κ3) is 3.58. The van der Waals surface area contributed by atoms with Gasteiger partial charge in [-0.25, -0.2) is 4.79 Å². The number of hydrogen-bond acceptors (Lipinski definition) is 3. The molecule has 0 bridgehead atoms. The van der Waals surface area contributed by atoms with Gasteiger partial charge in [-0.15, -0.1) is 11.8 Å². The Balaban J connectivity index is 2.49. The Hall–Kier alpha value is -1.63. The van der Waals surface area contributed by atoms with Crippen LogP contribution in [0.15, 0.2) is 28.9 Å². The van der Waals surface area contributed by atoms with Crippen molar-refractivity contribution in [1.29, 1.82) is 0 Å². The van der Waals surface area contributed by atoms with Gasteiger partial charge in [0.2, 0.25) is 0 Å². The van der Waals surface area contributed by atoms with E-state index in [0.29, 0.717) is 22.2 Å². The van der Waals surface area contributed by atoms with E-state index in [4.69, 9.17) is 5.11 Å². The summed E-state index contributed by atoms with van der Waals surface area (Å²) in [5, 5.41) is 6.62. The van der Waals surface area contributed by atoms with E-state index in [2.05, 4.69) is 4.74 Å². The van der Waals surface area contributed by atoms with Crippen molar-refractivity contribution in [3.8, 4) is 0 Å². The number of ether oxygens (including phenoxy) is 1. The zero-order chi connectivity index (χ0) is 16.7. The minimum Gasteiger partial charge on any atom is -0.449 e. The molecule has 0 aliphatic carbocycles. The van der Waals surface area contributed by atoms with E-state index in [1.807, 2.05) is 20.8 Å². The van der Waals surface area contributed by atoms with Gasteiger partial charge in [-0.05, 0) is 34.8 Å². The van der Waals surface area contributed by atoms with Gasteiger partial charge in [-0.3, -0.25) is 0 Å². The van der Waals surface area contributed by atoms with Crippen LogP contribution in [0.4, 0.5) is 18.0 Å². The number of halogens is 3. The van der Waals surface area contributed by atoms with Gasteiger partial charge in [0.1, 0.15) is 5.76 Å². The lowest BCUT2D eigenvalue weighted by atomic mass is 9.86. The molecule has 1 aliphatic heterocycles. The summed E-state index contributed by atoms with van der Waals surface area (Å²) in [4.78, 5) is 11.1. The second-order valence-electron chi connectivity index (χ2n) is 5.96. The molecule has 1 aromatic rings. The van der Waals surface area contributed by atoms with Gasteiger partial charge in [-0.1, -0.05) is 26.8 Å². The molecule has 3 nitrogen and oxygen atoms in total. The van der Waals surface area contributed by atoms with Crippen LogP contribution in [0.2, 0.25) is 0 Å². The Labute approximate surface area is 130 Å². The van der Waals surface area contributed by atoms with Crippen LogP contribution in [-0.2, 0) is 10.2 Å². The number of benzene rings is 1. The highest BCUT2D eigenvalue weighted by Gasteiger charge is 2.46. The number of thioether (sulfide) groups is 1. The maximum absolute atomic E-state index is 13.1. The first-order chi connectivity index (χ1) is 9.98. The van der Waals surface area contributed by atoms with Gasteiger partial charge in [0, 0.05) is 4.90 Å². The van der Waals surface area contributed by atoms with Gasteiger partial charge >= 0.3 is 12.3 Å². The molecule has 0 saturated heterocycles. The highest BCUT2D eigenvalue weighted by atomic mass is 32.2. The molecule has 2 rings (SSSR count). The first-order valence-electron chi connectivity index (χ1n) is 6.49. The molecular formula is C15H15F3O3S. The molecule has 0 fully saturated rings. The van der Waals surface area contributed by atoms with Gasteiger partial charge in [0.05, 0.1) is 0 Å². The van der Waals surface area contributed by atoms with Crippen molar-refractivity contribution < 1.29 is 27.8 Å². The van der Waals surface area contributed by atoms with Crippen molar-refractivity contribution in [2.24, 2.45) is 0 Å². The van der Waals surface area contributed by atoms with Crippen molar-refractivity contribution in [3.63, 3.8) is 0 Å². The van der Waals surface area contributed by atoms with E-state index < -0.39 is 23.3 Å². The maximum atomic E-state index is 13.1. The van der Waals surface area contributed by atoms with Crippen molar-refractivity contribution in [3.05, 3.63) is 35.1 Å². The second-order valence-corrected chi connectivity index (χ2v) is 7.10. The van der Waals surface area contributed by atoms with E-state index in [9.17, 15) is 18.0 Å². The summed E-state index contributed by atoms with van der Waals surface area (Å²) in [6, 6.07) is 5.18. The predicted octanol–water partition coefficient (Wildman–Crippen LogP) is 5.06. The summed E-state index contributed by atoms with van der Waals surface area (Å²) in [5.41, 5.74) is 1.32. The van der Waals surface area contributed by atoms with Crippen LogP contribution < -0.4 is 0 Å². The highest BCUT2D eigenvalue weighted by molar-refractivity contribution is 8.00. The fraction of sp³-hybridized carbons (Fsp3) is 0.400. The monoisotopic (exact) mass is 332 g/mol. The Kier molecular flexibility index (Phi) is 4.21. The Morgan fingerprint density at radius 1 is 1.27 bits per heavy atom. The summed E-state index contributed by atoms with van der Waals surface area (Å²) in [5.74, 6) is -0.608. The summed E-state index contributed by atoms with van der Waals surface area (Å²) >= 11 is 0.552. The van der Waals surface area contributed by atoms with Crippen molar-refractivity contribution in [2.45, 2.75) is 42.5 Å². The van der Waals surface area contributed by atoms with Gasteiger partial charge in [0.15, 0.2) is 5.25 Å². The first-order valence-corrected chi connectivity index (χ1v) is 7.37. The molecule has 0 aromatic heterocycles. The zero-order valence-corrected chi connectivity index (χ0v) is 13.0. The topological polar surface area (TPSA) is 46.5 Å². The fourth-order valence-electron chi connectivity index (χ4n) is 2.06. The van der Waals surface area contributed by atoms with Crippen LogP contribution in [0, 0.1) is 0 Å². The first kappa shape index (κ1) is 16.7. The minimum atomic E-state index is -4.59. The summed E-state index contributed by atoms with van der Waals surface area (Å²) in [7, 11) is 0. The summed E-state index contributed by atoms with van der Waals surface area (Å²) < 4.78 is 43.6. The average molecular weight is 332 g/mol. The lowest BCUT2D eigenvalue weighted by Crippen LogP contribution is -2.31. The molecule has 0 amide bonds. The second kappa shape index (κ2) is 5.53. The highest BCUT2D eigenvalue weighted by Crippen LogP contribution is 2.46. The minimum absolute atomic E-state index is 0.164. The smallest absolute Gasteiger partial charge is 0.449 e. The molecule has 1 unspecified atom stereocenters. The molecule has 1 N–H and O–H groups in total. The van der Waals surface area contributed by atoms with E-state index in [0.717, 1.165) is 11.6 Å². The molecular weight excluding hydrogens is 317 g/mol. The summed E-state index contributed by atoms with van der Waals surface area (Å²) in [6.45, 7) is 5.96. The van der Waals surface area contributed by atoms with Crippen LogP contribution in [0.25, 0.3) is 6.08 Å². The third-order valence-electron chi connectivity index (χ3n) is 3.18. The predicted molar refractivity (Wildman–Crippen MR) is 77.9 cm³/mol. The quantitative estimate of drug-likeness (QED) is 0.731. The normalized spacial score (nSPS) is 18.5. The molecule has 1 aliphatic rings. The Morgan fingerprint density at radius 3 is 2.41 bits per heavy atom. The van der Waals surface area contributed by atoms with E-state index in [1.54, 1.807) is 18.2 Å². The van der Waals surface area contributed by atoms with Crippen LogP contribution in [0.3, 0.4) is 0 Å². The molecule has 1 atom stereocenters. The number of carbonyl (C=O) groups is 1. The average Bonchev–Trinajstić information content (AvgIpc) is 2.34.